The van der Waals surface area contributed by atoms with Gasteiger partial charge in [0, 0.05) is 12.5 Å². The van der Waals surface area contributed by atoms with Gasteiger partial charge in [0.2, 0.25) is 0 Å². The number of halogens is 2. The highest BCUT2D eigenvalue weighted by Crippen LogP contribution is 2.12. The van der Waals surface area contributed by atoms with Crippen LogP contribution in [0.4, 0.5) is 8.78 Å². The minimum Gasteiger partial charge on any atom is -0.467 e. The zero-order chi connectivity index (χ0) is 18.4. The van der Waals surface area contributed by atoms with E-state index in [2.05, 4.69) is 10.1 Å². The fourth-order valence-corrected chi connectivity index (χ4v) is 2.20. The summed E-state index contributed by atoms with van der Waals surface area (Å²) in [4.78, 5) is 24.1. The topological polar surface area (TPSA) is 79.2 Å². The summed E-state index contributed by atoms with van der Waals surface area (Å²) >= 11 is 0. The Morgan fingerprint density at radius 1 is 1.20 bits per heavy atom. The predicted molar refractivity (Wildman–Crippen MR) is 84.5 cm³/mol. The lowest BCUT2D eigenvalue weighted by Gasteiger charge is -2.17. The van der Waals surface area contributed by atoms with E-state index in [0.29, 0.717) is 17.2 Å². The van der Waals surface area contributed by atoms with Gasteiger partial charge in [0.05, 0.1) is 24.3 Å². The Bertz CT molecular complexity index is 829. The van der Waals surface area contributed by atoms with Crippen LogP contribution in [0.3, 0.4) is 0 Å². The molecular formula is C18H14F2N2O3. The second-order valence-electron chi connectivity index (χ2n) is 5.19. The summed E-state index contributed by atoms with van der Waals surface area (Å²) in [5.41, 5.74) is 0.750. The fourth-order valence-electron chi connectivity index (χ4n) is 2.20. The van der Waals surface area contributed by atoms with Gasteiger partial charge in [-0.2, -0.15) is 5.26 Å². The third kappa shape index (κ3) is 4.61. The van der Waals surface area contributed by atoms with Crippen molar-refractivity contribution in [1.29, 1.82) is 5.26 Å². The van der Waals surface area contributed by atoms with Crippen molar-refractivity contribution >= 4 is 11.9 Å². The predicted octanol–water partition coefficient (Wildman–Crippen LogP) is 2.35. The molecule has 1 atom stereocenters. The molecule has 5 nitrogen and oxygen atoms in total. The Balaban J connectivity index is 2.18. The zero-order valence-electron chi connectivity index (χ0n) is 13.3. The highest BCUT2D eigenvalue weighted by Gasteiger charge is 2.24. The first-order chi connectivity index (χ1) is 11.9. The number of nitriles is 1. The van der Waals surface area contributed by atoms with E-state index in [9.17, 15) is 18.4 Å². The number of ether oxygens (including phenoxy) is 1. The molecule has 0 aliphatic carbocycles. The molecule has 128 valence electrons. The Labute approximate surface area is 142 Å². The molecule has 0 saturated carbocycles. The molecule has 0 heterocycles. The van der Waals surface area contributed by atoms with Crippen molar-refractivity contribution in [2.75, 3.05) is 7.11 Å². The van der Waals surface area contributed by atoms with Gasteiger partial charge >= 0.3 is 5.97 Å². The van der Waals surface area contributed by atoms with Crippen LogP contribution in [0, 0.1) is 23.0 Å². The van der Waals surface area contributed by atoms with E-state index < -0.39 is 29.6 Å². The first-order valence-electron chi connectivity index (χ1n) is 7.27. The van der Waals surface area contributed by atoms with E-state index in [-0.39, 0.29) is 12.0 Å². The number of hydrogen-bond acceptors (Lipinski definition) is 4. The molecule has 0 radical (unpaired) electrons. The van der Waals surface area contributed by atoms with Gasteiger partial charge in [0.1, 0.15) is 17.7 Å². The average Bonchev–Trinajstić information content (AvgIpc) is 2.60. The molecule has 0 aliphatic rings. The monoisotopic (exact) mass is 344 g/mol. The van der Waals surface area contributed by atoms with Crippen molar-refractivity contribution in [2.45, 2.75) is 12.5 Å². The lowest BCUT2D eigenvalue weighted by atomic mass is 10.0. The summed E-state index contributed by atoms with van der Waals surface area (Å²) in [6.07, 6.45) is 0.0902. The van der Waals surface area contributed by atoms with Crippen LogP contribution in [0.5, 0.6) is 0 Å². The lowest BCUT2D eigenvalue weighted by molar-refractivity contribution is -0.142. The van der Waals surface area contributed by atoms with Gasteiger partial charge in [0.25, 0.3) is 5.91 Å². The standard InChI is InChI=1S/C18H14F2N2O3/c1-25-18(24)16(8-11-2-4-12(10-21)5-3-11)22-17(23)14-7-6-13(19)9-15(14)20/h2-7,9,16H,8H2,1H3,(H,22,23)/t16-/m1/s1. The number of esters is 1. The molecule has 0 aromatic heterocycles. The van der Waals surface area contributed by atoms with Crippen LogP contribution in [0.2, 0.25) is 0 Å². The van der Waals surface area contributed by atoms with Crippen LogP contribution in [-0.4, -0.2) is 25.0 Å². The first kappa shape index (κ1) is 18.1. The highest BCUT2D eigenvalue weighted by molar-refractivity contribution is 5.97. The molecule has 0 fully saturated rings. The summed E-state index contributed by atoms with van der Waals surface area (Å²) < 4.78 is 31.3. The number of rotatable bonds is 5. The molecule has 25 heavy (non-hydrogen) atoms. The third-order valence-electron chi connectivity index (χ3n) is 3.49. The molecule has 7 heteroatoms. The number of carbonyl (C=O) groups excluding carboxylic acids is 2. The molecule has 2 aromatic rings. The Morgan fingerprint density at radius 2 is 1.88 bits per heavy atom. The summed E-state index contributed by atoms with van der Waals surface area (Å²) in [5.74, 6) is -3.41. The quantitative estimate of drug-likeness (QED) is 0.845. The Kier molecular flexibility index (Phi) is 5.79. The van der Waals surface area contributed by atoms with Gasteiger partial charge in [-0.25, -0.2) is 13.6 Å². The van der Waals surface area contributed by atoms with Crippen molar-refractivity contribution in [3.8, 4) is 6.07 Å². The average molecular weight is 344 g/mol. The molecule has 2 rings (SSSR count). The van der Waals surface area contributed by atoms with Gasteiger partial charge in [-0.1, -0.05) is 12.1 Å². The van der Waals surface area contributed by atoms with Crippen molar-refractivity contribution in [1.82, 2.24) is 5.32 Å². The summed E-state index contributed by atoms with van der Waals surface area (Å²) in [7, 11) is 1.17. The van der Waals surface area contributed by atoms with E-state index in [4.69, 9.17) is 5.26 Å². The lowest BCUT2D eigenvalue weighted by Crippen LogP contribution is -2.43. The molecule has 0 spiro atoms. The maximum absolute atomic E-state index is 13.7. The van der Waals surface area contributed by atoms with Crippen molar-refractivity contribution in [3.05, 3.63) is 70.8 Å². The number of amides is 1. The molecule has 1 N–H and O–H groups in total. The molecule has 2 aromatic carbocycles. The molecule has 0 bridgehead atoms. The Morgan fingerprint density at radius 3 is 2.44 bits per heavy atom. The van der Waals surface area contributed by atoms with Crippen LogP contribution in [0.1, 0.15) is 21.5 Å². The molecule has 1 amide bonds. The van der Waals surface area contributed by atoms with E-state index >= 15 is 0 Å². The minimum atomic E-state index is -1.06. The second kappa shape index (κ2) is 8.02. The van der Waals surface area contributed by atoms with Crippen LogP contribution < -0.4 is 5.32 Å². The normalized spacial score (nSPS) is 11.3. The smallest absolute Gasteiger partial charge is 0.328 e. The van der Waals surface area contributed by atoms with Crippen molar-refractivity contribution in [3.63, 3.8) is 0 Å². The van der Waals surface area contributed by atoms with Gasteiger partial charge in [-0.15, -0.1) is 0 Å². The highest BCUT2D eigenvalue weighted by atomic mass is 19.1. The number of benzene rings is 2. The van der Waals surface area contributed by atoms with E-state index in [1.165, 1.54) is 7.11 Å². The summed E-state index contributed by atoms with van der Waals surface area (Å²) in [6, 6.07) is 9.87. The van der Waals surface area contributed by atoms with Gasteiger partial charge in [0.15, 0.2) is 0 Å². The Hall–Kier alpha value is -3.27. The summed E-state index contributed by atoms with van der Waals surface area (Å²) in [6.45, 7) is 0. The van der Waals surface area contributed by atoms with E-state index in [1.807, 2.05) is 6.07 Å². The van der Waals surface area contributed by atoms with E-state index in [0.717, 1.165) is 12.1 Å². The molecule has 0 aliphatic heterocycles. The fraction of sp³-hybridized carbons (Fsp3) is 0.167. The van der Waals surface area contributed by atoms with Gasteiger partial charge in [-0.05, 0) is 29.8 Å². The van der Waals surface area contributed by atoms with Gasteiger partial charge in [-0.3, -0.25) is 4.79 Å². The number of methoxy groups -OCH3 is 1. The van der Waals surface area contributed by atoms with Crippen molar-refractivity contribution < 1.29 is 23.1 Å². The maximum Gasteiger partial charge on any atom is 0.328 e. The molecular weight excluding hydrogens is 330 g/mol. The molecule has 0 saturated heterocycles. The second-order valence-corrected chi connectivity index (χ2v) is 5.19. The number of hydrogen-bond donors (Lipinski definition) is 1. The zero-order valence-corrected chi connectivity index (χ0v) is 13.3. The SMILES string of the molecule is COC(=O)[C@@H](Cc1ccc(C#N)cc1)NC(=O)c1ccc(F)cc1F. The van der Waals surface area contributed by atoms with Gasteiger partial charge < -0.3 is 10.1 Å². The van der Waals surface area contributed by atoms with Crippen LogP contribution >= 0.6 is 0 Å². The third-order valence-corrected chi connectivity index (χ3v) is 3.49. The number of nitrogens with one attached hydrogen (secondary N) is 1. The van der Waals surface area contributed by atoms with E-state index in [1.54, 1.807) is 24.3 Å². The number of nitrogens with zero attached hydrogens (tertiary/aromatic N) is 1. The van der Waals surface area contributed by atoms with Crippen LogP contribution in [0.15, 0.2) is 42.5 Å². The molecule has 0 unspecified atom stereocenters. The van der Waals surface area contributed by atoms with Crippen LogP contribution in [0.25, 0.3) is 0 Å². The maximum atomic E-state index is 13.7. The minimum absolute atomic E-state index is 0.0902. The largest absolute Gasteiger partial charge is 0.467 e. The first-order valence-corrected chi connectivity index (χ1v) is 7.27. The van der Waals surface area contributed by atoms with Crippen molar-refractivity contribution in [2.24, 2.45) is 0 Å². The van der Waals surface area contributed by atoms with Crippen LogP contribution in [-0.2, 0) is 16.0 Å². The number of carbonyl (C=O) groups is 2. The summed E-state index contributed by atoms with van der Waals surface area (Å²) in [5, 5.41) is 11.2.